The van der Waals surface area contributed by atoms with Gasteiger partial charge in [0, 0.05) is 19.6 Å². The number of nitrogens with zero attached hydrogens (tertiary/aromatic N) is 2. The van der Waals surface area contributed by atoms with Gasteiger partial charge >= 0.3 is 5.69 Å². The van der Waals surface area contributed by atoms with Crippen molar-refractivity contribution in [1.29, 1.82) is 0 Å². The average Bonchev–Trinajstić information content (AvgIpc) is 2.43. The van der Waals surface area contributed by atoms with E-state index in [1.807, 2.05) is 0 Å². The molecule has 0 saturated carbocycles. The lowest BCUT2D eigenvalue weighted by molar-refractivity contribution is 0.724. The topological polar surface area (TPSA) is 76.8 Å². The lowest BCUT2D eigenvalue weighted by Crippen LogP contribution is -2.29. The maximum Gasteiger partial charge on any atom is 0.342 e. The normalized spacial score (nSPS) is 18.6. The maximum atomic E-state index is 10.8. The highest BCUT2D eigenvalue weighted by molar-refractivity contribution is 5.27. The molecule has 0 bridgehead atoms. The van der Waals surface area contributed by atoms with Gasteiger partial charge in [0.15, 0.2) is 0 Å². The summed E-state index contributed by atoms with van der Waals surface area (Å²) in [4.78, 5) is 15.5. The zero-order chi connectivity index (χ0) is 9.10. The molecular formula is C7H13N5O. The summed E-state index contributed by atoms with van der Waals surface area (Å²) in [5, 5.41) is 9.53. The Morgan fingerprint density at radius 2 is 2.23 bits per heavy atom. The zero-order valence-electron chi connectivity index (χ0n) is 7.34. The van der Waals surface area contributed by atoms with E-state index in [1.54, 1.807) is 0 Å². The highest BCUT2D eigenvalue weighted by atomic mass is 16.1. The highest BCUT2D eigenvalue weighted by Crippen LogP contribution is 2.04. The van der Waals surface area contributed by atoms with Gasteiger partial charge in [-0.15, -0.1) is 5.10 Å². The van der Waals surface area contributed by atoms with Gasteiger partial charge in [-0.3, -0.25) is 4.98 Å². The molecule has 2 rings (SSSR count). The van der Waals surface area contributed by atoms with Crippen LogP contribution in [0.3, 0.4) is 0 Å². The summed E-state index contributed by atoms with van der Waals surface area (Å²) in [5.74, 6) is 0.647. The van der Waals surface area contributed by atoms with Crippen molar-refractivity contribution < 1.29 is 0 Å². The third-order valence-electron chi connectivity index (χ3n) is 2.13. The first-order valence-corrected chi connectivity index (χ1v) is 4.46. The summed E-state index contributed by atoms with van der Waals surface area (Å²) in [5.41, 5.74) is -0.243. The van der Waals surface area contributed by atoms with Crippen LogP contribution in [-0.4, -0.2) is 41.4 Å². The number of rotatable bonds is 1. The van der Waals surface area contributed by atoms with Crippen LogP contribution in [0.15, 0.2) is 4.79 Å². The van der Waals surface area contributed by atoms with Crippen molar-refractivity contribution in [3.05, 3.63) is 10.5 Å². The van der Waals surface area contributed by atoms with Gasteiger partial charge in [-0.2, -0.15) is 0 Å². The Kier molecular flexibility index (Phi) is 2.31. The van der Waals surface area contributed by atoms with Crippen LogP contribution in [-0.2, 0) is 0 Å². The SMILES string of the molecule is O=c1[nH]nc(N2CCCNCC2)[nH]1. The van der Waals surface area contributed by atoms with Gasteiger partial charge in [-0.25, -0.2) is 9.89 Å². The molecule has 2 heterocycles. The van der Waals surface area contributed by atoms with E-state index in [0.29, 0.717) is 5.95 Å². The van der Waals surface area contributed by atoms with Crippen molar-refractivity contribution >= 4 is 5.95 Å². The van der Waals surface area contributed by atoms with Crippen LogP contribution in [0.5, 0.6) is 0 Å². The Hall–Kier alpha value is -1.30. The van der Waals surface area contributed by atoms with Gasteiger partial charge in [-0.1, -0.05) is 0 Å². The molecule has 0 aliphatic carbocycles. The molecule has 1 saturated heterocycles. The fourth-order valence-corrected chi connectivity index (χ4v) is 1.47. The predicted octanol–water partition coefficient (Wildman–Crippen LogP) is -1.10. The lowest BCUT2D eigenvalue weighted by Gasteiger charge is -2.17. The monoisotopic (exact) mass is 183 g/mol. The average molecular weight is 183 g/mol. The Labute approximate surface area is 75.3 Å². The highest BCUT2D eigenvalue weighted by Gasteiger charge is 2.11. The summed E-state index contributed by atoms with van der Waals surface area (Å²) >= 11 is 0. The summed E-state index contributed by atoms with van der Waals surface area (Å²) in [6.07, 6.45) is 1.08. The molecule has 1 aromatic heterocycles. The van der Waals surface area contributed by atoms with Crippen LogP contribution in [0.1, 0.15) is 6.42 Å². The third kappa shape index (κ3) is 1.89. The zero-order valence-corrected chi connectivity index (χ0v) is 7.34. The molecule has 0 unspecified atom stereocenters. The van der Waals surface area contributed by atoms with Crippen LogP contribution in [0, 0.1) is 0 Å². The van der Waals surface area contributed by atoms with Crippen LogP contribution in [0.2, 0.25) is 0 Å². The number of aromatic amines is 2. The number of nitrogens with one attached hydrogen (secondary N) is 3. The number of hydrogen-bond donors (Lipinski definition) is 3. The second-order valence-electron chi connectivity index (χ2n) is 3.09. The van der Waals surface area contributed by atoms with E-state index in [2.05, 4.69) is 25.4 Å². The maximum absolute atomic E-state index is 10.8. The third-order valence-corrected chi connectivity index (χ3v) is 2.13. The molecule has 3 N–H and O–H groups in total. The van der Waals surface area contributed by atoms with Crippen molar-refractivity contribution in [2.75, 3.05) is 31.1 Å². The first-order chi connectivity index (χ1) is 6.36. The minimum absolute atomic E-state index is 0.243. The van der Waals surface area contributed by atoms with Crippen molar-refractivity contribution in [3.63, 3.8) is 0 Å². The second-order valence-corrected chi connectivity index (χ2v) is 3.09. The summed E-state index contributed by atoms with van der Waals surface area (Å²) in [6, 6.07) is 0. The Bertz CT molecular complexity index is 309. The van der Waals surface area contributed by atoms with Gasteiger partial charge in [0.05, 0.1) is 0 Å². The molecule has 0 amide bonds. The molecule has 6 nitrogen and oxygen atoms in total. The van der Waals surface area contributed by atoms with Crippen LogP contribution in [0.25, 0.3) is 0 Å². The van der Waals surface area contributed by atoms with E-state index in [1.165, 1.54) is 0 Å². The van der Waals surface area contributed by atoms with Crippen molar-refractivity contribution in [3.8, 4) is 0 Å². The summed E-state index contributed by atoms with van der Waals surface area (Å²) in [6.45, 7) is 3.80. The quantitative estimate of drug-likeness (QED) is 0.516. The number of H-pyrrole nitrogens is 2. The largest absolute Gasteiger partial charge is 0.342 e. The Morgan fingerprint density at radius 1 is 1.31 bits per heavy atom. The molecule has 1 aliphatic rings. The molecule has 1 aromatic rings. The van der Waals surface area contributed by atoms with Crippen molar-refractivity contribution in [2.45, 2.75) is 6.42 Å². The standard InChI is InChI=1S/C7H13N5O/c13-7-9-6(10-11-7)12-4-1-2-8-3-5-12/h8H,1-5H2,(H2,9,10,11,13). The summed E-state index contributed by atoms with van der Waals surface area (Å²) in [7, 11) is 0. The van der Waals surface area contributed by atoms with Gasteiger partial charge < -0.3 is 10.2 Å². The molecule has 0 radical (unpaired) electrons. The van der Waals surface area contributed by atoms with Gasteiger partial charge in [0.2, 0.25) is 5.95 Å². The van der Waals surface area contributed by atoms with Gasteiger partial charge in [-0.05, 0) is 13.0 Å². The molecule has 0 spiro atoms. The molecule has 1 fully saturated rings. The van der Waals surface area contributed by atoms with E-state index >= 15 is 0 Å². The van der Waals surface area contributed by atoms with E-state index < -0.39 is 0 Å². The van der Waals surface area contributed by atoms with Gasteiger partial charge in [0.25, 0.3) is 0 Å². The predicted molar refractivity (Wildman–Crippen MR) is 48.9 cm³/mol. The number of aromatic nitrogens is 3. The smallest absolute Gasteiger partial charge is 0.340 e. The molecule has 13 heavy (non-hydrogen) atoms. The molecule has 0 aromatic carbocycles. The van der Waals surface area contributed by atoms with E-state index in [9.17, 15) is 4.79 Å². The van der Waals surface area contributed by atoms with Gasteiger partial charge in [0.1, 0.15) is 0 Å². The number of anilines is 1. The van der Waals surface area contributed by atoms with Crippen LogP contribution < -0.4 is 15.9 Å². The van der Waals surface area contributed by atoms with E-state index in [0.717, 1.165) is 32.6 Å². The van der Waals surface area contributed by atoms with E-state index in [4.69, 9.17) is 0 Å². The van der Waals surface area contributed by atoms with Crippen molar-refractivity contribution in [1.82, 2.24) is 20.5 Å². The molecule has 0 atom stereocenters. The minimum atomic E-state index is -0.243. The van der Waals surface area contributed by atoms with Crippen molar-refractivity contribution in [2.24, 2.45) is 0 Å². The second kappa shape index (κ2) is 3.61. The first-order valence-electron chi connectivity index (χ1n) is 4.46. The fraction of sp³-hybridized carbons (Fsp3) is 0.714. The van der Waals surface area contributed by atoms with Crippen LogP contribution >= 0.6 is 0 Å². The minimum Gasteiger partial charge on any atom is -0.340 e. The molecular weight excluding hydrogens is 170 g/mol. The molecule has 6 heteroatoms. The van der Waals surface area contributed by atoms with Crippen LogP contribution in [0.4, 0.5) is 5.95 Å². The van der Waals surface area contributed by atoms with E-state index in [-0.39, 0.29) is 5.69 Å². The lowest BCUT2D eigenvalue weighted by atomic mass is 10.4. The fourth-order valence-electron chi connectivity index (χ4n) is 1.47. The number of hydrogen-bond acceptors (Lipinski definition) is 4. The molecule has 1 aliphatic heterocycles. The Balaban J connectivity index is 2.10. The molecule has 72 valence electrons. The summed E-state index contributed by atoms with van der Waals surface area (Å²) < 4.78 is 0. The Morgan fingerprint density at radius 3 is 3.00 bits per heavy atom. The first kappa shape index (κ1) is 8.31.